The van der Waals surface area contributed by atoms with Gasteiger partial charge in [-0.2, -0.15) is 0 Å². The van der Waals surface area contributed by atoms with Crippen molar-refractivity contribution in [3.8, 4) is 18.1 Å². The monoisotopic (exact) mass is 358 g/mol. The number of carbonyl (C=O) groups excluding carboxylic acids is 1. The van der Waals surface area contributed by atoms with Crippen LogP contribution in [0, 0.1) is 19.3 Å². The van der Waals surface area contributed by atoms with Gasteiger partial charge in [0.25, 0.3) is 0 Å². The third kappa shape index (κ3) is 4.22. The quantitative estimate of drug-likeness (QED) is 0.381. The van der Waals surface area contributed by atoms with Crippen molar-refractivity contribution in [1.82, 2.24) is 5.01 Å². The number of aryl methyl sites for hydroxylation is 1. The van der Waals surface area contributed by atoms with Crippen LogP contribution >= 0.6 is 11.6 Å². The Morgan fingerprint density at radius 2 is 2.04 bits per heavy atom. The van der Waals surface area contributed by atoms with Crippen molar-refractivity contribution in [1.29, 1.82) is 0 Å². The summed E-state index contributed by atoms with van der Waals surface area (Å²) >= 11 is 6.19. The van der Waals surface area contributed by atoms with Gasteiger partial charge in [-0.05, 0) is 36.8 Å². The zero-order chi connectivity index (χ0) is 18.6. The average molecular weight is 359 g/mol. The van der Waals surface area contributed by atoms with Gasteiger partial charge >= 0.3 is 6.03 Å². The van der Waals surface area contributed by atoms with Crippen molar-refractivity contribution in [2.75, 3.05) is 12.1 Å². The minimum atomic E-state index is -0.594. The molecule has 6 nitrogen and oxygen atoms in total. The summed E-state index contributed by atoms with van der Waals surface area (Å²) in [5.74, 6) is 14.4. The van der Waals surface area contributed by atoms with Crippen LogP contribution in [0.4, 0.5) is 10.5 Å². The van der Waals surface area contributed by atoms with Crippen LogP contribution < -0.4 is 21.4 Å². The highest BCUT2D eigenvalue weighted by Crippen LogP contribution is 2.29. The maximum Gasteiger partial charge on any atom is 0.352 e. The summed E-state index contributed by atoms with van der Waals surface area (Å²) in [7, 11) is 1.40. The molecule has 0 bridgehead atoms. The minimum absolute atomic E-state index is 0.0910. The number of hydrogen-bond acceptors (Lipinski definition) is 4. The predicted molar refractivity (Wildman–Crippen MR) is 98.9 cm³/mol. The van der Waals surface area contributed by atoms with E-state index >= 15 is 0 Å². The fraction of sp³-hybridized carbons (Fsp3) is 0.167. The third-order valence-electron chi connectivity index (χ3n) is 3.53. The zero-order valence-electron chi connectivity index (χ0n) is 14.0. The van der Waals surface area contributed by atoms with Gasteiger partial charge in [-0.1, -0.05) is 29.7 Å². The third-order valence-corrected chi connectivity index (χ3v) is 3.83. The lowest BCUT2D eigenvalue weighted by Crippen LogP contribution is -2.49. The van der Waals surface area contributed by atoms with Gasteiger partial charge in [-0.15, -0.1) is 6.42 Å². The standard InChI is InChI=1S/C18H19ClN4O2/c1-4-13-6-5-7-16(23(21)18(24)22(3)20)14(13)11-25-17-9-8-12(2)10-15(17)19/h1,5-10H,11,20-21H2,2-3H3. The van der Waals surface area contributed by atoms with Crippen LogP contribution in [0.2, 0.25) is 5.02 Å². The number of halogens is 1. The largest absolute Gasteiger partial charge is 0.487 e. The number of terminal acetylenes is 1. The highest BCUT2D eigenvalue weighted by atomic mass is 35.5. The zero-order valence-corrected chi connectivity index (χ0v) is 14.7. The van der Waals surface area contributed by atoms with Crippen LogP contribution in [-0.2, 0) is 6.61 Å². The van der Waals surface area contributed by atoms with Gasteiger partial charge < -0.3 is 4.74 Å². The molecule has 0 saturated heterocycles. The molecule has 0 spiro atoms. The number of hydrazine groups is 2. The van der Waals surface area contributed by atoms with E-state index in [0.717, 1.165) is 15.6 Å². The van der Waals surface area contributed by atoms with Crippen molar-refractivity contribution >= 4 is 23.3 Å². The highest BCUT2D eigenvalue weighted by molar-refractivity contribution is 6.32. The van der Waals surface area contributed by atoms with E-state index < -0.39 is 6.03 Å². The first-order chi connectivity index (χ1) is 11.8. The fourth-order valence-corrected chi connectivity index (χ4v) is 2.52. The summed E-state index contributed by atoms with van der Waals surface area (Å²) in [6.07, 6.45) is 5.56. The summed E-state index contributed by atoms with van der Waals surface area (Å²) in [4.78, 5) is 12.0. The summed E-state index contributed by atoms with van der Waals surface area (Å²) in [6.45, 7) is 2.02. The van der Waals surface area contributed by atoms with E-state index in [1.807, 2.05) is 13.0 Å². The molecule has 0 fully saturated rings. The second-order valence-corrected chi connectivity index (χ2v) is 5.84. The van der Waals surface area contributed by atoms with E-state index in [4.69, 9.17) is 34.4 Å². The first-order valence-electron chi connectivity index (χ1n) is 7.39. The number of rotatable bonds is 4. The molecule has 0 unspecified atom stereocenters. The maximum absolute atomic E-state index is 12.0. The molecule has 4 N–H and O–H groups in total. The number of ether oxygens (including phenoxy) is 1. The van der Waals surface area contributed by atoms with Crippen LogP contribution in [0.15, 0.2) is 36.4 Å². The number of urea groups is 1. The maximum atomic E-state index is 12.0. The van der Waals surface area contributed by atoms with Gasteiger partial charge in [0.2, 0.25) is 0 Å². The van der Waals surface area contributed by atoms with Gasteiger partial charge in [0.1, 0.15) is 12.4 Å². The van der Waals surface area contributed by atoms with Gasteiger partial charge in [-0.25, -0.2) is 21.5 Å². The van der Waals surface area contributed by atoms with E-state index in [-0.39, 0.29) is 6.61 Å². The number of anilines is 1. The van der Waals surface area contributed by atoms with Crippen molar-refractivity contribution in [2.45, 2.75) is 13.5 Å². The SMILES string of the molecule is C#Cc1cccc(N(N)C(=O)N(C)N)c1COc1ccc(C)cc1Cl. The van der Waals surface area contributed by atoms with Crippen LogP contribution in [0.1, 0.15) is 16.7 Å². The number of nitrogens with two attached hydrogens (primary N) is 2. The lowest BCUT2D eigenvalue weighted by Gasteiger charge is -2.24. The Hall–Kier alpha value is -2.72. The number of nitrogens with zero attached hydrogens (tertiary/aromatic N) is 2. The second-order valence-electron chi connectivity index (χ2n) is 5.43. The fourth-order valence-electron chi connectivity index (χ4n) is 2.23. The Bertz CT molecular complexity index is 830. The molecule has 0 aromatic heterocycles. The predicted octanol–water partition coefficient (Wildman–Crippen LogP) is 2.81. The van der Waals surface area contributed by atoms with Crippen LogP contribution in [-0.4, -0.2) is 18.1 Å². The first-order valence-corrected chi connectivity index (χ1v) is 7.77. The lowest BCUT2D eigenvalue weighted by molar-refractivity contribution is 0.216. The summed E-state index contributed by atoms with van der Waals surface area (Å²) < 4.78 is 5.79. The molecule has 0 atom stereocenters. The Kier molecular flexibility index (Phi) is 5.88. The smallest absolute Gasteiger partial charge is 0.352 e. The molecule has 0 aliphatic rings. The summed E-state index contributed by atoms with van der Waals surface area (Å²) in [6, 6.07) is 9.97. The van der Waals surface area contributed by atoms with E-state index in [1.165, 1.54) is 7.05 Å². The van der Waals surface area contributed by atoms with Crippen molar-refractivity contribution in [3.63, 3.8) is 0 Å². The molecule has 7 heteroatoms. The van der Waals surface area contributed by atoms with Crippen LogP contribution in [0.25, 0.3) is 0 Å². The first kappa shape index (κ1) is 18.6. The van der Waals surface area contributed by atoms with Crippen molar-refractivity contribution in [2.24, 2.45) is 11.7 Å². The Morgan fingerprint density at radius 3 is 2.64 bits per heavy atom. The highest BCUT2D eigenvalue weighted by Gasteiger charge is 2.19. The summed E-state index contributed by atoms with van der Waals surface area (Å²) in [5.41, 5.74) is 2.57. The van der Waals surface area contributed by atoms with Crippen molar-refractivity contribution < 1.29 is 9.53 Å². The van der Waals surface area contributed by atoms with Gasteiger partial charge in [0, 0.05) is 18.2 Å². The lowest BCUT2D eigenvalue weighted by atomic mass is 10.1. The molecule has 2 aromatic carbocycles. The topological polar surface area (TPSA) is 84.8 Å². The Morgan fingerprint density at radius 1 is 1.32 bits per heavy atom. The molecule has 2 amide bonds. The van der Waals surface area contributed by atoms with Crippen LogP contribution in [0.5, 0.6) is 5.75 Å². The van der Waals surface area contributed by atoms with Crippen LogP contribution in [0.3, 0.4) is 0 Å². The molecule has 0 aliphatic carbocycles. The molecule has 0 saturated carbocycles. The van der Waals surface area contributed by atoms with E-state index in [1.54, 1.807) is 30.3 Å². The molecule has 0 radical (unpaired) electrons. The number of carbonyl (C=O) groups is 1. The molecule has 0 heterocycles. The normalized spacial score (nSPS) is 10.1. The van der Waals surface area contributed by atoms with E-state index in [0.29, 0.717) is 27.6 Å². The molecule has 130 valence electrons. The molecule has 25 heavy (non-hydrogen) atoms. The van der Waals surface area contributed by atoms with E-state index in [2.05, 4.69) is 5.92 Å². The molecular weight excluding hydrogens is 340 g/mol. The number of hydrogen-bond donors (Lipinski definition) is 2. The molecule has 2 rings (SSSR count). The average Bonchev–Trinajstić information content (AvgIpc) is 2.59. The second kappa shape index (κ2) is 7.90. The Balaban J connectivity index is 2.35. The van der Waals surface area contributed by atoms with Crippen molar-refractivity contribution in [3.05, 3.63) is 58.1 Å². The van der Waals surface area contributed by atoms with Gasteiger partial charge in [0.15, 0.2) is 0 Å². The molecule has 2 aromatic rings. The molecular formula is C18H19ClN4O2. The number of benzene rings is 2. The Labute approximate surface area is 151 Å². The molecule has 0 aliphatic heterocycles. The summed E-state index contributed by atoms with van der Waals surface area (Å²) in [5, 5.41) is 2.29. The van der Waals surface area contributed by atoms with Gasteiger partial charge in [-0.3, -0.25) is 5.01 Å². The van der Waals surface area contributed by atoms with E-state index in [9.17, 15) is 4.79 Å². The minimum Gasteiger partial charge on any atom is -0.487 e. The van der Waals surface area contributed by atoms with Gasteiger partial charge in [0.05, 0.1) is 10.7 Å². The number of amides is 2.